The van der Waals surface area contributed by atoms with Gasteiger partial charge in [0.25, 0.3) is 0 Å². The van der Waals surface area contributed by atoms with Gasteiger partial charge in [-0.3, -0.25) is 14.3 Å². The monoisotopic (exact) mass is 301 g/mol. The first-order chi connectivity index (χ1) is 10.5. The number of carboxylic acid groups (broad SMARTS) is 1. The van der Waals surface area contributed by atoms with Crippen LogP contribution in [0, 0.1) is 0 Å². The smallest absolute Gasteiger partial charge is 0.305 e. The standard InChI is InChI=1S/C16H19N3O3/c1-19-11-12(10-17-19)7-8-15(20)18-14(9-16(21)22)13-5-3-2-4-6-13/h2-6,10-11,14H,7-9H2,1H3,(H,18,20)(H,21,22). The molecule has 2 aromatic rings. The van der Waals surface area contributed by atoms with Crippen molar-refractivity contribution < 1.29 is 14.7 Å². The van der Waals surface area contributed by atoms with Gasteiger partial charge in [0.15, 0.2) is 0 Å². The van der Waals surface area contributed by atoms with Gasteiger partial charge in [-0.2, -0.15) is 5.10 Å². The van der Waals surface area contributed by atoms with Gasteiger partial charge in [-0.25, -0.2) is 0 Å². The summed E-state index contributed by atoms with van der Waals surface area (Å²) in [5.74, 6) is -1.11. The Morgan fingerprint density at radius 3 is 2.64 bits per heavy atom. The highest BCUT2D eigenvalue weighted by Crippen LogP contribution is 2.16. The van der Waals surface area contributed by atoms with Gasteiger partial charge in [-0.05, 0) is 17.5 Å². The number of carbonyl (C=O) groups excluding carboxylic acids is 1. The molecule has 0 spiro atoms. The number of aromatic nitrogens is 2. The second kappa shape index (κ2) is 7.40. The SMILES string of the molecule is Cn1cc(CCC(=O)NC(CC(=O)O)c2ccccc2)cn1. The van der Waals surface area contributed by atoms with Gasteiger partial charge in [0.2, 0.25) is 5.91 Å². The molecule has 0 fully saturated rings. The maximum absolute atomic E-state index is 12.1. The first-order valence-electron chi connectivity index (χ1n) is 7.08. The van der Waals surface area contributed by atoms with Gasteiger partial charge < -0.3 is 10.4 Å². The van der Waals surface area contributed by atoms with Crippen molar-refractivity contribution in [2.75, 3.05) is 0 Å². The third-order valence-electron chi connectivity index (χ3n) is 3.31. The molecule has 22 heavy (non-hydrogen) atoms. The molecule has 6 nitrogen and oxygen atoms in total. The molecule has 0 radical (unpaired) electrons. The molecule has 1 heterocycles. The molecule has 0 saturated heterocycles. The van der Waals surface area contributed by atoms with Gasteiger partial charge in [0, 0.05) is 19.7 Å². The lowest BCUT2D eigenvalue weighted by Crippen LogP contribution is -2.30. The molecule has 116 valence electrons. The molecule has 6 heteroatoms. The summed E-state index contributed by atoms with van der Waals surface area (Å²) >= 11 is 0. The van der Waals surface area contributed by atoms with Crippen molar-refractivity contribution in [3.05, 3.63) is 53.9 Å². The van der Waals surface area contributed by atoms with Crippen molar-refractivity contribution in [1.29, 1.82) is 0 Å². The summed E-state index contributed by atoms with van der Waals surface area (Å²) in [6.45, 7) is 0. The van der Waals surface area contributed by atoms with Crippen LogP contribution in [-0.2, 0) is 23.1 Å². The van der Waals surface area contributed by atoms with Gasteiger partial charge in [-0.1, -0.05) is 30.3 Å². The van der Waals surface area contributed by atoms with E-state index in [0.717, 1.165) is 11.1 Å². The first kappa shape index (κ1) is 15.8. The Kier molecular flexibility index (Phi) is 5.30. The molecular weight excluding hydrogens is 282 g/mol. The van der Waals surface area contributed by atoms with Crippen LogP contribution in [0.1, 0.15) is 30.0 Å². The predicted molar refractivity (Wildman–Crippen MR) is 81.1 cm³/mol. The van der Waals surface area contributed by atoms with E-state index in [4.69, 9.17) is 5.11 Å². The summed E-state index contributed by atoms with van der Waals surface area (Å²) < 4.78 is 1.68. The number of hydrogen-bond donors (Lipinski definition) is 2. The number of benzene rings is 1. The van der Waals surface area contributed by atoms with E-state index in [-0.39, 0.29) is 12.3 Å². The van der Waals surface area contributed by atoms with E-state index in [9.17, 15) is 9.59 Å². The molecular formula is C16H19N3O3. The van der Waals surface area contributed by atoms with E-state index in [0.29, 0.717) is 12.8 Å². The number of aliphatic carboxylic acids is 1. The second-order valence-corrected chi connectivity index (χ2v) is 5.15. The van der Waals surface area contributed by atoms with Crippen LogP contribution in [0.4, 0.5) is 0 Å². The number of aryl methyl sites for hydroxylation is 2. The van der Waals surface area contributed by atoms with Gasteiger partial charge in [-0.15, -0.1) is 0 Å². The summed E-state index contributed by atoms with van der Waals surface area (Å²) in [5, 5.41) is 15.9. The molecule has 2 rings (SSSR count). The molecule has 2 N–H and O–H groups in total. The molecule has 1 unspecified atom stereocenters. The van der Waals surface area contributed by atoms with Crippen LogP contribution >= 0.6 is 0 Å². The van der Waals surface area contributed by atoms with Crippen molar-refractivity contribution in [2.24, 2.45) is 7.05 Å². The molecule has 1 aromatic carbocycles. The quantitative estimate of drug-likeness (QED) is 0.815. The van der Waals surface area contributed by atoms with Crippen molar-refractivity contribution >= 4 is 11.9 Å². The predicted octanol–water partition coefficient (Wildman–Crippen LogP) is 1.68. The number of hydrogen-bond acceptors (Lipinski definition) is 3. The van der Waals surface area contributed by atoms with Crippen LogP contribution in [0.3, 0.4) is 0 Å². The van der Waals surface area contributed by atoms with Gasteiger partial charge >= 0.3 is 5.97 Å². The van der Waals surface area contributed by atoms with Crippen molar-refractivity contribution in [3.63, 3.8) is 0 Å². The Balaban J connectivity index is 1.94. The fourth-order valence-corrected chi connectivity index (χ4v) is 2.24. The number of nitrogens with zero attached hydrogens (tertiary/aromatic N) is 2. The lowest BCUT2D eigenvalue weighted by Gasteiger charge is -2.17. The van der Waals surface area contributed by atoms with Crippen LogP contribution in [0.15, 0.2) is 42.7 Å². The fraction of sp³-hybridized carbons (Fsp3) is 0.312. The Hall–Kier alpha value is -2.63. The number of nitrogens with one attached hydrogen (secondary N) is 1. The zero-order valence-corrected chi connectivity index (χ0v) is 12.4. The highest BCUT2D eigenvalue weighted by Gasteiger charge is 2.17. The third-order valence-corrected chi connectivity index (χ3v) is 3.31. The third kappa shape index (κ3) is 4.73. The normalized spacial score (nSPS) is 11.9. The number of carboxylic acids is 1. The maximum Gasteiger partial charge on any atom is 0.305 e. The number of amides is 1. The summed E-state index contributed by atoms with van der Waals surface area (Å²) in [6, 6.07) is 8.62. The highest BCUT2D eigenvalue weighted by atomic mass is 16.4. The summed E-state index contributed by atoms with van der Waals surface area (Å²) in [7, 11) is 1.82. The molecule has 0 aliphatic rings. The lowest BCUT2D eigenvalue weighted by molar-refractivity contribution is -0.137. The summed E-state index contributed by atoms with van der Waals surface area (Å²) in [5.41, 5.74) is 1.77. The zero-order chi connectivity index (χ0) is 15.9. The molecule has 0 aliphatic heterocycles. The Labute approximate surface area is 128 Å². The van der Waals surface area contributed by atoms with Crippen LogP contribution < -0.4 is 5.32 Å². The topological polar surface area (TPSA) is 84.2 Å². The minimum Gasteiger partial charge on any atom is -0.481 e. The second-order valence-electron chi connectivity index (χ2n) is 5.15. The molecule has 0 saturated carbocycles. The minimum absolute atomic E-state index is 0.136. The molecule has 1 atom stereocenters. The van der Waals surface area contributed by atoms with Crippen LogP contribution in [0.2, 0.25) is 0 Å². The van der Waals surface area contributed by atoms with Gasteiger partial charge in [0.05, 0.1) is 18.7 Å². The molecule has 0 bridgehead atoms. The Morgan fingerprint density at radius 1 is 1.32 bits per heavy atom. The number of carbonyl (C=O) groups is 2. The van der Waals surface area contributed by atoms with E-state index in [2.05, 4.69) is 10.4 Å². The molecule has 0 aliphatic carbocycles. The molecule has 1 amide bonds. The van der Waals surface area contributed by atoms with Crippen molar-refractivity contribution in [1.82, 2.24) is 15.1 Å². The van der Waals surface area contributed by atoms with Crippen LogP contribution in [0.5, 0.6) is 0 Å². The Bertz CT molecular complexity index is 637. The Morgan fingerprint density at radius 2 is 2.05 bits per heavy atom. The largest absolute Gasteiger partial charge is 0.481 e. The average Bonchev–Trinajstić information content (AvgIpc) is 2.91. The fourth-order valence-electron chi connectivity index (χ4n) is 2.24. The summed E-state index contributed by atoms with van der Waals surface area (Å²) in [6.07, 6.45) is 4.32. The minimum atomic E-state index is -0.943. The van der Waals surface area contributed by atoms with E-state index >= 15 is 0 Å². The lowest BCUT2D eigenvalue weighted by atomic mass is 10.0. The van der Waals surface area contributed by atoms with E-state index < -0.39 is 12.0 Å². The maximum atomic E-state index is 12.1. The van der Waals surface area contributed by atoms with Crippen LogP contribution in [-0.4, -0.2) is 26.8 Å². The average molecular weight is 301 g/mol. The zero-order valence-electron chi connectivity index (χ0n) is 12.4. The summed E-state index contributed by atoms with van der Waals surface area (Å²) in [4.78, 5) is 23.0. The van der Waals surface area contributed by atoms with Crippen LogP contribution in [0.25, 0.3) is 0 Å². The van der Waals surface area contributed by atoms with E-state index in [1.807, 2.05) is 43.6 Å². The number of rotatable bonds is 7. The molecule has 1 aromatic heterocycles. The van der Waals surface area contributed by atoms with E-state index in [1.54, 1.807) is 10.9 Å². The van der Waals surface area contributed by atoms with Gasteiger partial charge in [0.1, 0.15) is 0 Å². The first-order valence-corrected chi connectivity index (χ1v) is 7.08. The van der Waals surface area contributed by atoms with E-state index in [1.165, 1.54) is 0 Å². The van der Waals surface area contributed by atoms with Crippen molar-refractivity contribution in [2.45, 2.75) is 25.3 Å². The highest BCUT2D eigenvalue weighted by molar-refractivity contribution is 5.78. The van der Waals surface area contributed by atoms with Crippen molar-refractivity contribution in [3.8, 4) is 0 Å².